The van der Waals surface area contributed by atoms with Gasteiger partial charge in [-0.15, -0.1) is 0 Å². The van der Waals surface area contributed by atoms with Crippen molar-refractivity contribution in [3.05, 3.63) is 23.8 Å². The molecule has 1 aromatic rings. The third kappa shape index (κ3) is 3.94. The number of carbonyl (C=O) groups excluding carboxylic acids is 1. The predicted molar refractivity (Wildman–Crippen MR) is 66.8 cm³/mol. The number of nitrogens with two attached hydrogens (primary N) is 1. The van der Waals surface area contributed by atoms with Crippen LogP contribution in [0.5, 0.6) is 5.75 Å². The Hall–Kier alpha value is -1.73. The number of carbonyl (C=O) groups is 1. The average Bonchev–Trinajstić information content (AvgIpc) is 2.13. The van der Waals surface area contributed by atoms with Crippen LogP contribution in [0.1, 0.15) is 31.1 Å². The van der Waals surface area contributed by atoms with Crippen LogP contribution in [0.3, 0.4) is 0 Å². The summed E-state index contributed by atoms with van der Waals surface area (Å²) in [5.74, 6) is -0.726. The van der Waals surface area contributed by atoms with Gasteiger partial charge in [0.15, 0.2) is 0 Å². The van der Waals surface area contributed by atoms with Gasteiger partial charge in [0.1, 0.15) is 16.9 Å². The quantitative estimate of drug-likeness (QED) is 0.413. The summed E-state index contributed by atoms with van der Waals surface area (Å²) >= 11 is 0. The highest BCUT2D eigenvalue weighted by Gasteiger charge is 2.25. The molecule has 1 aromatic carbocycles. The molecule has 0 aromatic heterocycles. The first kappa shape index (κ1) is 14.3. The number of hydrogen-bond donors (Lipinski definition) is 3. The Morgan fingerprint density at radius 1 is 1.33 bits per heavy atom. The van der Waals surface area contributed by atoms with Crippen LogP contribution < -0.4 is 10.4 Å². The van der Waals surface area contributed by atoms with E-state index >= 15 is 0 Å². The molecule has 0 unspecified atom stereocenters. The summed E-state index contributed by atoms with van der Waals surface area (Å²) in [5.41, 5.74) is 5.10. The van der Waals surface area contributed by atoms with Gasteiger partial charge in [0.25, 0.3) is 0 Å². The van der Waals surface area contributed by atoms with Gasteiger partial charge in [0, 0.05) is 5.69 Å². The lowest BCUT2D eigenvalue weighted by Crippen LogP contribution is -2.26. The molecule has 0 bridgehead atoms. The average molecular weight is 253 g/mol. The third-order valence-electron chi connectivity index (χ3n) is 1.89. The molecule has 0 aliphatic rings. The minimum atomic E-state index is -2.03. The van der Waals surface area contributed by atoms with Crippen LogP contribution >= 0.6 is 0 Å². The molecule has 4 N–H and O–H groups in total. The largest absolute Gasteiger partial charge is 0.707 e. The normalized spacial score (nSPS) is 10.9. The third-order valence-corrected chi connectivity index (χ3v) is 1.89. The zero-order valence-corrected chi connectivity index (χ0v) is 10.5. The summed E-state index contributed by atoms with van der Waals surface area (Å²) < 4.78 is 9.86. The van der Waals surface area contributed by atoms with E-state index in [1.165, 1.54) is 18.2 Å². The molecular weight excluding hydrogens is 237 g/mol. The topological polar surface area (TPSA) is 102 Å². The van der Waals surface area contributed by atoms with E-state index in [1.807, 2.05) is 0 Å². The molecule has 0 saturated carbocycles. The number of ether oxygens (including phenoxy) is 1. The summed E-state index contributed by atoms with van der Waals surface area (Å²) in [6.45, 7) is 5.14. The fourth-order valence-corrected chi connectivity index (χ4v) is 1.31. The van der Waals surface area contributed by atoms with Crippen LogP contribution in [-0.4, -0.2) is 28.9 Å². The van der Waals surface area contributed by atoms with Gasteiger partial charge in [-0.05, 0) is 32.9 Å². The molecule has 98 valence electrons. The maximum atomic E-state index is 11.9. The van der Waals surface area contributed by atoms with E-state index < -0.39 is 18.9 Å². The summed E-state index contributed by atoms with van der Waals surface area (Å²) in [6, 6.07) is 4.42. The Balaban J connectivity index is 3.09. The van der Waals surface area contributed by atoms with Crippen molar-refractivity contribution in [2.75, 3.05) is 5.73 Å². The molecule has 7 heteroatoms. The van der Waals surface area contributed by atoms with E-state index in [1.54, 1.807) is 20.8 Å². The molecular formula is C11H16BNO5. The smallest absolute Gasteiger partial charge is 0.511 e. The lowest BCUT2D eigenvalue weighted by Gasteiger charge is -2.21. The second kappa shape index (κ2) is 5.28. The number of rotatable bonds is 3. The summed E-state index contributed by atoms with van der Waals surface area (Å²) in [7, 11) is -2.03. The lowest BCUT2D eigenvalue weighted by atomic mass is 10.1. The summed E-state index contributed by atoms with van der Waals surface area (Å²) in [4.78, 5) is 11.9. The van der Waals surface area contributed by atoms with Gasteiger partial charge in [-0.2, -0.15) is 0 Å². The van der Waals surface area contributed by atoms with Gasteiger partial charge in [-0.25, -0.2) is 4.79 Å². The fraction of sp³-hybridized carbons (Fsp3) is 0.364. The molecule has 0 saturated heterocycles. The standard InChI is InChI=1S/C11H16BNO5/c1-11(2,3)17-10(14)9-7(13)5-4-6-8(9)18-12(15)16/h4-6,15-16H,13H2,1-3H3. The minimum Gasteiger partial charge on any atom is -0.511 e. The highest BCUT2D eigenvalue weighted by molar-refractivity contribution is 6.34. The second-order valence-corrected chi connectivity index (χ2v) is 4.67. The molecule has 0 fully saturated rings. The van der Waals surface area contributed by atoms with Gasteiger partial charge in [-0.3, -0.25) is 0 Å². The number of esters is 1. The van der Waals surface area contributed by atoms with Crippen LogP contribution in [0.15, 0.2) is 18.2 Å². The number of benzene rings is 1. The molecule has 0 amide bonds. The first-order chi connectivity index (χ1) is 8.20. The molecule has 6 nitrogen and oxygen atoms in total. The maximum Gasteiger partial charge on any atom is 0.707 e. The Labute approximate surface area is 106 Å². The van der Waals surface area contributed by atoms with E-state index in [4.69, 9.17) is 25.2 Å². The molecule has 0 aliphatic heterocycles. The van der Waals surface area contributed by atoms with Crippen LogP contribution in [-0.2, 0) is 4.74 Å². The zero-order valence-electron chi connectivity index (χ0n) is 10.5. The first-order valence-electron chi connectivity index (χ1n) is 5.35. The Morgan fingerprint density at radius 3 is 2.44 bits per heavy atom. The fourth-order valence-electron chi connectivity index (χ4n) is 1.31. The van der Waals surface area contributed by atoms with E-state index in [0.717, 1.165) is 0 Å². The van der Waals surface area contributed by atoms with Gasteiger partial charge >= 0.3 is 13.3 Å². The van der Waals surface area contributed by atoms with Gasteiger partial charge in [0.2, 0.25) is 0 Å². The van der Waals surface area contributed by atoms with Crippen molar-refractivity contribution in [2.24, 2.45) is 0 Å². The molecule has 0 aliphatic carbocycles. The van der Waals surface area contributed by atoms with E-state index in [2.05, 4.69) is 0 Å². The number of anilines is 1. The van der Waals surface area contributed by atoms with Crippen molar-refractivity contribution in [1.82, 2.24) is 0 Å². The van der Waals surface area contributed by atoms with Crippen molar-refractivity contribution in [2.45, 2.75) is 26.4 Å². The SMILES string of the molecule is CC(C)(C)OC(=O)c1c(N)cccc1OB(O)O. The summed E-state index contributed by atoms with van der Waals surface area (Å²) in [5, 5.41) is 17.6. The molecule has 0 radical (unpaired) electrons. The highest BCUT2D eigenvalue weighted by Crippen LogP contribution is 2.27. The number of hydrogen-bond acceptors (Lipinski definition) is 6. The summed E-state index contributed by atoms with van der Waals surface area (Å²) in [6.07, 6.45) is 0. The molecule has 18 heavy (non-hydrogen) atoms. The van der Waals surface area contributed by atoms with Crippen molar-refractivity contribution in [3.8, 4) is 5.75 Å². The molecule has 1 rings (SSSR count). The van der Waals surface area contributed by atoms with E-state index in [9.17, 15) is 4.79 Å². The molecule has 0 heterocycles. The zero-order chi connectivity index (χ0) is 13.9. The Morgan fingerprint density at radius 2 is 1.94 bits per heavy atom. The van der Waals surface area contributed by atoms with Crippen molar-refractivity contribution < 1.29 is 24.2 Å². The van der Waals surface area contributed by atoms with Crippen LogP contribution in [0.2, 0.25) is 0 Å². The highest BCUT2D eigenvalue weighted by atomic mass is 16.6. The first-order valence-corrected chi connectivity index (χ1v) is 5.35. The van der Waals surface area contributed by atoms with Crippen LogP contribution in [0.25, 0.3) is 0 Å². The second-order valence-electron chi connectivity index (χ2n) is 4.67. The van der Waals surface area contributed by atoms with Crippen LogP contribution in [0.4, 0.5) is 5.69 Å². The monoisotopic (exact) mass is 253 g/mol. The van der Waals surface area contributed by atoms with Gasteiger partial charge in [0.05, 0.1) is 0 Å². The van der Waals surface area contributed by atoms with Crippen molar-refractivity contribution in [3.63, 3.8) is 0 Å². The van der Waals surface area contributed by atoms with E-state index in [0.29, 0.717) is 0 Å². The van der Waals surface area contributed by atoms with Crippen molar-refractivity contribution in [1.29, 1.82) is 0 Å². The predicted octanol–water partition coefficient (Wildman–Crippen LogP) is 0.572. The lowest BCUT2D eigenvalue weighted by molar-refractivity contribution is 0.00688. The van der Waals surface area contributed by atoms with Crippen LogP contribution in [0, 0.1) is 0 Å². The number of nitrogen functional groups attached to an aromatic ring is 1. The van der Waals surface area contributed by atoms with E-state index in [-0.39, 0.29) is 17.0 Å². The van der Waals surface area contributed by atoms with Gasteiger partial charge < -0.3 is 25.2 Å². The van der Waals surface area contributed by atoms with Crippen molar-refractivity contribution >= 4 is 19.0 Å². The van der Waals surface area contributed by atoms with Gasteiger partial charge in [-0.1, -0.05) is 6.07 Å². The Kier molecular flexibility index (Phi) is 4.21. The molecule has 0 spiro atoms. The molecule has 0 atom stereocenters. The maximum absolute atomic E-state index is 11.9. The minimum absolute atomic E-state index is 0.0273. The Bertz CT molecular complexity index is 442.